The lowest BCUT2D eigenvalue weighted by Crippen LogP contribution is -2.54. The second-order valence-corrected chi connectivity index (χ2v) is 15.1. The molecule has 18 heteroatoms. The van der Waals surface area contributed by atoms with Crippen molar-refractivity contribution in [2.45, 2.75) is 38.1 Å². The Morgan fingerprint density at radius 1 is 1.00 bits per heavy atom. The highest BCUT2D eigenvalue weighted by atomic mass is 35.5. The van der Waals surface area contributed by atoms with Crippen molar-refractivity contribution in [2.75, 3.05) is 74.3 Å². The van der Waals surface area contributed by atoms with Crippen LogP contribution in [0.3, 0.4) is 0 Å². The molecule has 4 aliphatic heterocycles. The number of imide groups is 2. The van der Waals surface area contributed by atoms with E-state index in [-0.39, 0.29) is 29.4 Å². The van der Waals surface area contributed by atoms with Gasteiger partial charge in [0.25, 0.3) is 11.8 Å². The highest BCUT2D eigenvalue weighted by Gasteiger charge is 2.46. The number of likely N-dealkylation sites (tertiary alicyclic amines) is 1. The molecule has 61 heavy (non-hydrogen) atoms. The fraction of sp³-hybridized carbons (Fsp3) is 0.372. The first-order valence-corrected chi connectivity index (χ1v) is 19.8. The number of nitrogens with one attached hydrogen (secondary N) is 3. The van der Waals surface area contributed by atoms with E-state index in [1.807, 2.05) is 5.32 Å². The first-order chi connectivity index (χ1) is 32.5. The molecule has 3 N–H and O–H groups in total. The van der Waals surface area contributed by atoms with Gasteiger partial charge in [0, 0.05) is 68.1 Å². The molecular weight excluding hydrogens is 812 g/mol. The van der Waals surface area contributed by atoms with Gasteiger partial charge < -0.3 is 25.2 Å². The van der Waals surface area contributed by atoms with Gasteiger partial charge in [0.2, 0.25) is 17.7 Å². The summed E-state index contributed by atoms with van der Waals surface area (Å²) < 4.78 is 108. The summed E-state index contributed by atoms with van der Waals surface area (Å²) in [7, 11) is 0. The normalized spacial score (nSPS) is 24.2. The molecule has 3 fully saturated rings. The van der Waals surface area contributed by atoms with Crippen LogP contribution in [-0.4, -0.2) is 119 Å². The van der Waals surface area contributed by atoms with Gasteiger partial charge in [-0.2, -0.15) is 0 Å². The number of anilines is 4. The summed E-state index contributed by atoms with van der Waals surface area (Å²) in [6.45, 7) is -8.80. The number of amides is 5. The fourth-order valence-electron chi connectivity index (χ4n) is 7.58. The number of aromatic nitrogens is 2. The van der Waals surface area contributed by atoms with Gasteiger partial charge in [0.1, 0.15) is 29.8 Å². The predicted molar refractivity (Wildman–Crippen MR) is 224 cm³/mol. The molecule has 5 heterocycles. The largest absolute Gasteiger partial charge is 0.491 e. The number of rotatable bonds is 13. The molecule has 0 bridgehead atoms. The van der Waals surface area contributed by atoms with Crippen molar-refractivity contribution in [1.29, 1.82) is 0 Å². The molecule has 8 rings (SSSR count). The fourth-order valence-corrected chi connectivity index (χ4v) is 7.76. The quantitative estimate of drug-likeness (QED) is 0.0922. The molecular formula is C43H44ClF2N9O6. The molecule has 15 nitrogen and oxygen atoms in total. The van der Waals surface area contributed by atoms with E-state index in [0.717, 1.165) is 18.2 Å². The van der Waals surface area contributed by atoms with Gasteiger partial charge in [0.15, 0.2) is 5.82 Å². The summed E-state index contributed by atoms with van der Waals surface area (Å²) >= 11 is 5.96. The van der Waals surface area contributed by atoms with E-state index in [0.29, 0.717) is 82.5 Å². The van der Waals surface area contributed by atoms with E-state index in [1.165, 1.54) is 24.5 Å². The van der Waals surface area contributed by atoms with Gasteiger partial charge in [-0.05, 0) is 87.2 Å². The van der Waals surface area contributed by atoms with Crippen LogP contribution in [0.15, 0.2) is 61.4 Å². The Balaban J connectivity index is 0.913. The summed E-state index contributed by atoms with van der Waals surface area (Å²) in [6, 6.07) is 7.57. The summed E-state index contributed by atoms with van der Waals surface area (Å²) in [4.78, 5) is 75.3. The number of carbonyl (C=O) groups excluding carboxylic acids is 5. The molecule has 4 aromatic rings. The Labute approximate surface area is 366 Å². The predicted octanol–water partition coefficient (Wildman–Crippen LogP) is 5.13. The monoisotopic (exact) mass is 863 g/mol. The second kappa shape index (κ2) is 17.9. The van der Waals surface area contributed by atoms with Crippen molar-refractivity contribution in [3.8, 4) is 5.75 Å². The second-order valence-electron chi connectivity index (χ2n) is 14.7. The van der Waals surface area contributed by atoms with Crippen molar-refractivity contribution >= 4 is 74.9 Å². The van der Waals surface area contributed by atoms with Crippen LogP contribution in [0.4, 0.5) is 31.7 Å². The number of piperazine rings is 1. The molecule has 318 valence electrons. The lowest BCUT2D eigenvalue weighted by Gasteiger charge is -2.39. The van der Waals surface area contributed by atoms with Crippen LogP contribution in [0.1, 0.15) is 63.8 Å². The van der Waals surface area contributed by atoms with Crippen LogP contribution >= 0.6 is 11.6 Å². The summed E-state index contributed by atoms with van der Waals surface area (Å²) in [5, 5.41) is 8.26. The minimum Gasteiger partial charge on any atom is -0.491 e. The maximum atomic E-state index is 16.6. The Kier molecular flexibility index (Phi) is 9.59. The molecule has 4 aliphatic rings. The van der Waals surface area contributed by atoms with Crippen molar-refractivity contribution < 1.29 is 48.5 Å². The van der Waals surface area contributed by atoms with Gasteiger partial charge in [-0.3, -0.25) is 39.1 Å². The summed E-state index contributed by atoms with van der Waals surface area (Å²) in [5.74, 6) is -6.45. The van der Waals surface area contributed by atoms with Gasteiger partial charge in [0.05, 0.1) is 45.1 Å². The number of hydrogen-bond acceptors (Lipinski definition) is 12. The molecule has 0 radical (unpaired) electrons. The van der Waals surface area contributed by atoms with Gasteiger partial charge in [-0.25, -0.2) is 18.7 Å². The summed E-state index contributed by atoms with van der Waals surface area (Å²) in [5.41, 5.74) is -1.25. The molecule has 0 aliphatic carbocycles. The molecule has 0 spiro atoms. The number of benzene rings is 3. The number of piperidine rings is 2. The van der Waals surface area contributed by atoms with E-state index in [4.69, 9.17) is 27.3 Å². The van der Waals surface area contributed by atoms with Crippen LogP contribution < -0.4 is 25.6 Å². The highest BCUT2D eigenvalue weighted by molar-refractivity contribution is 6.31. The molecule has 1 unspecified atom stereocenters. The van der Waals surface area contributed by atoms with Crippen LogP contribution in [0.5, 0.6) is 5.75 Å². The first kappa shape index (κ1) is 32.7. The number of carbonyl (C=O) groups is 5. The van der Waals surface area contributed by atoms with E-state index in [1.54, 1.807) is 12.1 Å². The number of hydrogen-bond donors (Lipinski definition) is 3. The zero-order valence-corrected chi connectivity index (χ0v) is 33.2. The topological polar surface area (TPSA) is 169 Å². The molecule has 3 saturated heterocycles. The average Bonchev–Trinajstić information content (AvgIpc) is 3.54. The van der Waals surface area contributed by atoms with Crippen molar-refractivity contribution in [3.63, 3.8) is 0 Å². The first-order valence-electron chi connectivity index (χ1n) is 23.4. The van der Waals surface area contributed by atoms with Crippen LogP contribution in [-0.2, 0) is 14.4 Å². The van der Waals surface area contributed by atoms with Crippen molar-refractivity contribution in [3.05, 3.63) is 89.2 Å². The van der Waals surface area contributed by atoms with Crippen molar-refractivity contribution in [2.24, 2.45) is 5.92 Å². The zero-order valence-electron chi connectivity index (χ0n) is 40.4. The van der Waals surface area contributed by atoms with E-state index in [9.17, 15) is 28.4 Å². The van der Waals surface area contributed by atoms with E-state index >= 15 is 4.39 Å². The SMILES string of the molecule is [2H]C1([2H])N(CC2CCN(CCCOc3cc4ncnc(Nc5ccc(F)c(Cl)c5)c4cc3NC(=O)C=C)CC2)C([2H])([2H])C([2H])([2H])N(c2ccc3c(c2F)C(=O)N(C2CCC(=O)NC2=O)C3=O)C1([2H])[2H]. The number of nitrogens with zero attached hydrogens (tertiary/aromatic N) is 6. The average molecular weight is 864 g/mol. The lowest BCUT2D eigenvalue weighted by atomic mass is 9.95. The maximum absolute atomic E-state index is 16.6. The third-order valence-electron chi connectivity index (χ3n) is 10.7. The third-order valence-corrected chi connectivity index (χ3v) is 11.0. The molecule has 1 atom stereocenters. The lowest BCUT2D eigenvalue weighted by molar-refractivity contribution is -0.136. The van der Waals surface area contributed by atoms with E-state index in [2.05, 4.69) is 32.1 Å². The maximum Gasteiger partial charge on any atom is 0.265 e. The van der Waals surface area contributed by atoms with Gasteiger partial charge in [-0.1, -0.05) is 18.2 Å². The van der Waals surface area contributed by atoms with Crippen LogP contribution in [0.2, 0.25) is 5.02 Å². The van der Waals surface area contributed by atoms with E-state index < -0.39 is 102 Å². The van der Waals surface area contributed by atoms with Crippen LogP contribution in [0, 0.1) is 17.6 Å². The van der Waals surface area contributed by atoms with Gasteiger partial charge in [-0.15, -0.1) is 0 Å². The standard InChI is InChI=1S/C43H44ClF2N9O6/c1-2-36(56)50-32-21-28-31(47-24-48-40(28)49-26-4-6-30(45)29(44)20-26)22-35(32)61-19-3-12-52-13-10-25(11-14-52)23-53-15-17-54(18-16-53)33-7-5-27-38(39(33)46)43(60)55(42(27)59)34-8-9-37(57)51-41(34)58/h2,4-7,20-22,24-25,34H,1,3,8-19,23H2,(H,50,56)(H,47,48,49)(H,51,57,58)/i15D2,16D2,17D2,18D2. The number of fused-ring (bicyclic) bond motifs is 2. The Morgan fingerprint density at radius 3 is 2.52 bits per heavy atom. The molecule has 1 aromatic heterocycles. The minimum absolute atomic E-state index is 0.00748. The Bertz CT molecular complexity index is 2780. The smallest absolute Gasteiger partial charge is 0.265 e. The highest BCUT2D eigenvalue weighted by Crippen LogP contribution is 2.36. The van der Waals surface area contributed by atoms with Gasteiger partial charge >= 0.3 is 0 Å². The van der Waals surface area contributed by atoms with Crippen molar-refractivity contribution in [1.82, 2.24) is 30.0 Å². The number of ether oxygens (including phenoxy) is 1. The Morgan fingerprint density at radius 2 is 1.79 bits per heavy atom. The molecule has 0 saturated carbocycles. The third kappa shape index (κ3) is 8.90. The Hall–Kier alpha value is -6.04. The molecule has 5 amide bonds. The summed E-state index contributed by atoms with van der Waals surface area (Å²) in [6.07, 6.45) is 3.29. The zero-order chi connectivity index (χ0) is 50.0. The molecule has 3 aromatic carbocycles. The van der Waals surface area contributed by atoms with Crippen LogP contribution in [0.25, 0.3) is 10.9 Å². The number of halogens is 3. The minimum atomic E-state index is -3.49.